The minimum Gasteiger partial charge on any atom is -0.457 e. The van der Waals surface area contributed by atoms with Crippen molar-refractivity contribution in [3.8, 4) is 0 Å². The molecule has 3 nitrogen and oxygen atoms in total. The van der Waals surface area contributed by atoms with Crippen LogP contribution in [-0.2, 0) is 16.1 Å². The Morgan fingerprint density at radius 2 is 1.71 bits per heavy atom. The van der Waals surface area contributed by atoms with E-state index in [-0.39, 0.29) is 12.6 Å². The van der Waals surface area contributed by atoms with Gasteiger partial charge in [-0.25, -0.2) is 4.79 Å². The second-order valence-electron chi connectivity index (χ2n) is 5.62. The van der Waals surface area contributed by atoms with Crippen LogP contribution >= 0.6 is 0 Å². The van der Waals surface area contributed by atoms with Gasteiger partial charge in [0.1, 0.15) is 12.8 Å². The number of fused-ring (bicyclic) bond motifs is 1. The van der Waals surface area contributed by atoms with E-state index >= 15 is 0 Å². The number of aliphatic imine (C=N–C) groups is 1. The maximum Gasteiger partial charge on any atom is 0.349 e. The predicted octanol–water partition coefficient (Wildman–Crippen LogP) is 4.72. The van der Waals surface area contributed by atoms with Gasteiger partial charge in [-0.15, -0.1) is 0 Å². The van der Waals surface area contributed by atoms with E-state index in [1.807, 2.05) is 61.5 Å². The van der Waals surface area contributed by atoms with Crippen molar-refractivity contribution in [1.82, 2.24) is 0 Å². The van der Waals surface area contributed by atoms with E-state index in [1.165, 1.54) is 11.6 Å². The number of benzene rings is 3. The van der Waals surface area contributed by atoms with Crippen molar-refractivity contribution in [3.05, 3.63) is 83.9 Å². The van der Waals surface area contributed by atoms with Gasteiger partial charge < -0.3 is 4.74 Å². The lowest BCUT2D eigenvalue weighted by atomic mass is 10.0. The molecule has 0 aliphatic heterocycles. The van der Waals surface area contributed by atoms with Crippen molar-refractivity contribution in [3.63, 3.8) is 0 Å². The number of carbonyl (C=O) groups excluding carboxylic acids is 1. The van der Waals surface area contributed by atoms with Crippen LogP contribution in [0.1, 0.15) is 24.1 Å². The summed E-state index contributed by atoms with van der Waals surface area (Å²) in [5, 5.41) is 2.33. The molecule has 24 heavy (non-hydrogen) atoms. The van der Waals surface area contributed by atoms with E-state index in [0.29, 0.717) is 0 Å². The number of carbonyl (C=O) groups is 1. The van der Waals surface area contributed by atoms with Gasteiger partial charge in [-0.1, -0.05) is 72.8 Å². The molecule has 0 N–H and O–H groups in total. The van der Waals surface area contributed by atoms with Crippen LogP contribution < -0.4 is 0 Å². The first-order valence-corrected chi connectivity index (χ1v) is 7.95. The molecule has 0 fully saturated rings. The Morgan fingerprint density at radius 3 is 2.54 bits per heavy atom. The Balaban J connectivity index is 1.66. The molecule has 0 aliphatic carbocycles. The Hall–Kier alpha value is -2.94. The zero-order valence-corrected chi connectivity index (χ0v) is 13.6. The highest BCUT2D eigenvalue weighted by Gasteiger charge is 2.08. The highest BCUT2D eigenvalue weighted by molar-refractivity contribution is 6.23. The number of ether oxygens (including phenoxy) is 1. The van der Waals surface area contributed by atoms with E-state index < -0.39 is 5.97 Å². The number of rotatable bonds is 5. The quantitative estimate of drug-likeness (QED) is 0.505. The van der Waals surface area contributed by atoms with Gasteiger partial charge in [0, 0.05) is 0 Å². The summed E-state index contributed by atoms with van der Waals surface area (Å²) >= 11 is 0. The molecule has 3 heteroatoms. The van der Waals surface area contributed by atoms with E-state index in [4.69, 9.17) is 4.74 Å². The monoisotopic (exact) mass is 317 g/mol. The summed E-state index contributed by atoms with van der Waals surface area (Å²) in [7, 11) is 0. The van der Waals surface area contributed by atoms with E-state index in [0.717, 1.165) is 16.5 Å². The minimum atomic E-state index is -0.425. The van der Waals surface area contributed by atoms with Crippen LogP contribution in [0.3, 0.4) is 0 Å². The SMILES string of the molecule is CC(N=CC(=O)OCc1ccccc1)c1cccc2ccccc12. The summed E-state index contributed by atoms with van der Waals surface area (Å²) in [5.41, 5.74) is 2.06. The summed E-state index contributed by atoms with van der Waals surface area (Å²) in [6.07, 6.45) is 1.27. The lowest BCUT2D eigenvalue weighted by Crippen LogP contribution is -2.06. The highest BCUT2D eigenvalue weighted by Crippen LogP contribution is 2.26. The molecule has 0 aromatic heterocycles. The summed E-state index contributed by atoms with van der Waals surface area (Å²) in [6.45, 7) is 2.23. The molecule has 0 spiro atoms. The topological polar surface area (TPSA) is 38.7 Å². The molecule has 0 bridgehead atoms. The molecule has 3 aromatic carbocycles. The largest absolute Gasteiger partial charge is 0.457 e. The van der Waals surface area contributed by atoms with Gasteiger partial charge in [0.05, 0.1) is 6.04 Å². The van der Waals surface area contributed by atoms with Crippen LogP contribution in [0.25, 0.3) is 10.8 Å². The fourth-order valence-corrected chi connectivity index (χ4v) is 2.63. The maximum absolute atomic E-state index is 11.8. The Bertz CT molecular complexity index is 851. The first kappa shape index (κ1) is 15.9. The Labute approximate surface area is 141 Å². The summed E-state index contributed by atoms with van der Waals surface area (Å²) in [4.78, 5) is 16.2. The van der Waals surface area contributed by atoms with Crippen LogP contribution in [0.15, 0.2) is 77.8 Å². The highest BCUT2D eigenvalue weighted by atomic mass is 16.5. The van der Waals surface area contributed by atoms with Crippen LogP contribution in [0.5, 0.6) is 0 Å². The maximum atomic E-state index is 11.8. The third-order valence-electron chi connectivity index (χ3n) is 3.90. The molecule has 1 atom stereocenters. The molecule has 0 saturated carbocycles. The van der Waals surface area contributed by atoms with Crippen molar-refractivity contribution in [1.29, 1.82) is 0 Å². The molecule has 3 rings (SSSR count). The second-order valence-corrected chi connectivity index (χ2v) is 5.62. The van der Waals surface area contributed by atoms with Crippen LogP contribution in [-0.4, -0.2) is 12.2 Å². The number of nitrogens with zero attached hydrogens (tertiary/aromatic N) is 1. The number of esters is 1. The average Bonchev–Trinajstić information content (AvgIpc) is 2.64. The molecular formula is C21H19NO2. The average molecular weight is 317 g/mol. The predicted molar refractivity (Wildman–Crippen MR) is 97.1 cm³/mol. The van der Waals surface area contributed by atoms with Crippen molar-refractivity contribution in [2.75, 3.05) is 0 Å². The Morgan fingerprint density at radius 1 is 1.00 bits per heavy atom. The summed E-state index contributed by atoms with van der Waals surface area (Å²) in [5.74, 6) is -0.425. The van der Waals surface area contributed by atoms with Gasteiger partial charge in [-0.3, -0.25) is 4.99 Å². The van der Waals surface area contributed by atoms with Crippen molar-refractivity contribution in [2.24, 2.45) is 4.99 Å². The van der Waals surface area contributed by atoms with Crippen LogP contribution in [0.2, 0.25) is 0 Å². The van der Waals surface area contributed by atoms with Gasteiger partial charge in [0.15, 0.2) is 0 Å². The molecule has 0 radical (unpaired) electrons. The lowest BCUT2D eigenvalue weighted by Gasteiger charge is -2.10. The molecule has 3 aromatic rings. The second kappa shape index (κ2) is 7.55. The van der Waals surface area contributed by atoms with Gasteiger partial charge >= 0.3 is 5.97 Å². The van der Waals surface area contributed by atoms with Gasteiger partial charge in [0.2, 0.25) is 0 Å². The standard InChI is InChI=1S/C21H19NO2/c1-16(19-13-7-11-18-10-5-6-12-20(18)19)22-14-21(23)24-15-17-8-3-2-4-9-17/h2-14,16H,15H2,1H3. The van der Waals surface area contributed by atoms with Crippen molar-refractivity contribution >= 4 is 23.0 Å². The zero-order chi connectivity index (χ0) is 16.8. The van der Waals surface area contributed by atoms with Gasteiger partial charge in [0.25, 0.3) is 0 Å². The van der Waals surface area contributed by atoms with Crippen molar-refractivity contribution < 1.29 is 9.53 Å². The van der Waals surface area contributed by atoms with E-state index in [2.05, 4.69) is 23.2 Å². The fraction of sp³-hybridized carbons (Fsp3) is 0.143. The Kier molecular flexibility index (Phi) is 5.02. The number of hydrogen-bond acceptors (Lipinski definition) is 3. The smallest absolute Gasteiger partial charge is 0.349 e. The molecule has 120 valence electrons. The molecule has 0 aliphatic rings. The summed E-state index contributed by atoms with van der Waals surface area (Å²) in [6, 6.07) is 23.8. The molecule has 1 unspecified atom stereocenters. The first-order valence-electron chi connectivity index (χ1n) is 7.95. The molecular weight excluding hydrogens is 298 g/mol. The normalized spacial score (nSPS) is 12.4. The molecule has 0 saturated heterocycles. The first-order chi connectivity index (χ1) is 11.7. The third-order valence-corrected chi connectivity index (χ3v) is 3.90. The van der Waals surface area contributed by atoms with E-state index in [9.17, 15) is 4.79 Å². The van der Waals surface area contributed by atoms with E-state index in [1.54, 1.807) is 0 Å². The van der Waals surface area contributed by atoms with Gasteiger partial charge in [-0.05, 0) is 28.8 Å². The molecule has 0 heterocycles. The van der Waals surface area contributed by atoms with Gasteiger partial charge in [-0.2, -0.15) is 0 Å². The molecule has 0 amide bonds. The summed E-state index contributed by atoms with van der Waals surface area (Å²) < 4.78 is 5.21. The third kappa shape index (κ3) is 3.87. The van der Waals surface area contributed by atoms with Crippen molar-refractivity contribution in [2.45, 2.75) is 19.6 Å². The van der Waals surface area contributed by atoms with Crippen LogP contribution in [0, 0.1) is 0 Å². The fourth-order valence-electron chi connectivity index (χ4n) is 2.63. The minimum absolute atomic E-state index is 0.111. The van der Waals surface area contributed by atoms with Crippen LogP contribution in [0.4, 0.5) is 0 Å². The number of hydrogen-bond donors (Lipinski definition) is 0. The zero-order valence-electron chi connectivity index (χ0n) is 13.6. The lowest BCUT2D eigenvalue weighted by molar-refractivity contribution is -0.136.